The Kier molecular flexibility index (Phi) is 7.06. The molecule has 0 saturated carbocycles. The molecule has 2 aromatic rings. The molecule has 10 heteroatoms. The predicted octanol–water partition coefficient (Wildman–Crippen LogP) is 1.71. The van der Waals surface area contributed by atoms with E-state index >= 15 is 0 Å². The molecule has 0 bridgehead atoms. The fourth-order valence-corrected chi connectivity index (χ4v) is 4.35. The average Bonchev–Trinajstić information content (AvgIpc) is 3.16. The van der Waals surface area contributed by atoms with Crippen molar-refractivity contribution in [2.24, 2.45) is 0 Å². The number of ether oxygens (including phenoxy) is 1. The van der Waals surface area contributed by atoms with Gasteiger partial charge in [0.25, 0.3) is 0 Å². The van der Waals surface area contributed by atoms with Gasteiger partial charge in [-0.25, -0.2) is 13.4 Å². The van der Waals surface area contributed by atoms with Gasteiger partial charge in [-0.1, -0.05) is 23.7 Å². The number of hydrogen-bond donors (Lipinski definition) is 1. The van der Waals surface area contributed by atoms with Crippen molar-refractivity contribution in [1.82, 2.24) is 14.6 Å². The molecule has 0 atom stereocenters. The van der Waals surface area contributed by atoms with Crippen molar-refractivity contribution in [2.45, 2.75) is 12.8 Å². The van der Waals surface area contributed by atoms with E-state index in [2.05, 4.69) is 10.3 Å². The van der Waals surface area contributed by atoms with Crippen LogP contribution in [0.5, 0.6) is 0 Å². The molecule has 1 aliphatic rings. The van der Waals surface area contributed by atoms with Crippen molar-refractivity contribution in [2.75, 3.05) is 38.6 Å². The van der Waals surface area contributed by atoms with Crippen LogP contribution in [0.15, 0.2) is 34.9 Å². The van der Waals surface area contributed by atoms with Crippen LogP contribution in [-0.4, -0.2) is 62.2 Å². The van der Waals surface area contributed by atoms with Crippen molar-refractivity contribution < 1.29 is 22.4 Å². The predicted molar refractivity (Wildman–Crippen MR) is 104 cm³/mol. The Morgan fingerprint density at radius 2 is 2.00 bits per heavy atom. The Morgan fingerprint density at radius 1 is 1.25 bits per heavy atom. The molecule has 1 amide bonds. The molecule has 0 spiro atoms. The largest absolute Gasteiger partial charge is 0.441 e. The van der Waals surface area contributed by atoms with Crippen LogP contribution in [-0.2, 0) is 26.0 Å². The van der Waals surface area contributed by atoms with Crippen molar-refractivity contribution >= 4 is 27.5 Å². The van der Waals surface area contributed by atoms with E-state index in [0.717, 1.165) is 5.56 Å². The van der Waals surface area contributed by atoms with Crippen molar-refractivity contribution in [3.05, 3.63) is 41.4 Å². The zero-order chi connectivity index (χ0) is 20.0. The van der Waals surface area contributed by atoms with Crippen LogP contribution in [0.4, 0.5) is 0 Å². The number of aromatic nitrogens is 1. The van der Waals surface area contributed by atoms with E-state index in [0.29, 0.717) is 49.4 Å². The monoisotopic (exact) mass is 427 g/mol. The average molecular weight is 428 g/mol. The number of carbonyl (C=O) groups is 1. The standard InChI is InChI=1S/C18H22ClN3O5S/c19-15-4-2-1-3-14(15)16-13-21-18(27-16)6-5-17(23)20-7-12-28(24,25)22-8-10-26-11-9-22/h1-4,13H,5-12H2,(H,20,23). The van der Waals surface area contributed by atoms with E-state index in [4.69, 9.17) is 20.8 Å². The zero-order valence-corrected chi connectivity index (χ0v) is 16.8. The van der Waals surface area contributed by atoms with Gasteiger partial charge in [0.1, 0.15) is 0 Å². The number of nitrogens with zero attached hydrogens (tertiary/aromatic N) is 2. The first-order chi connectivity index (χ1) is 13.5. The van der Waals surface area contributed by atoms with Gasteiger partial charge < -0.3 is 14.5 Å². The molecule has 1 aromatic carbocycles. The fraction of sp³-hybridized carbons (Fsp3) is 0.444. The molecule has 3 rings (SSSR count). The molecule has 152 valence electrons. The minimum atomic E-state index is -3.38. The lowest BCUT2D eigenvalue weighted by atomic mass is 10.2. The summed E-state index contributed by atoms with van der Waals surface area (Å²) in [5, 5.41) is 3.19. The number of morpholine rings is 1. The molecule has 0 unspecified atom stereocenters. The lowest BCUT2D eigenvalue weighted by Crippen LogP contribution is -2.43. The van der Waals surface area contributed by atoms with Crippen LogP contribution in [0.2, 0.25) is 5.02 Å². The minimum Gasteiger partial charge on any atom is -0.441 e. The third-order valence-electron chi connectivity index (χ3n) is 4.30. The molecule has 1 saturated heterocycles. The summed E-state index contributed by atoms with van der Waals surface area (Å²) in [4.78, 5) is 16.1. The van der Waals surface area contributed by atoms with E-state index in [1.807, 2.05) is 18.2 Å². The quantitative estimate of drug-likeness (QED) is 0.688. The van der Waals surface area contributed by atoms with E-state index in [1.165, 1.54) is 4.31 Å². The summed E-state index contributed by atoms with van der Waals surface area (Å²) in [6, 6.07) is 7.26. The first-order valence-corrected chi connectivity index (χ1v) is 11.0. The molecule has 1 aromatic heterocycles. The maximum Gasteiger partial charge on any atom is 0.220 e. The zero-order valence-electron chi connectivity index (χ0n) is 15.3. The van der Waals surface area contributed by atoms with E-state index < -0.39 is 10.0 Å². The number of halogens is 1. The Hall–Kier alpha value is -1.94. The highest BCUT2D eigenvalue weighted by molar-refractivity contribution is 7.89. The summed E-state index contributed by atoms with van der Waals surface area (Å²) in [5.74, 6) is 0.576. The van der Waals surface area contributed by atoms with Gasteiger partial charge in [0, 0.05) is 38.0 Å². The molecule has 1 N–H and O–H groups in total. The highest BCUT2D eigenvalue weighted by Crippen LogP contribution is 2.28. The van der Waals surface area contributed by atoms with Gasteiger partial charge in [-0.15, -0.1) is 0 Å². The second kappa shape index (κ2) is 9.51. The lowest BCUT2D eigenvalue weighted by Gasteiger charge is -2.26. The van der Waals surface area contributed by atoms with E-state index in [9.17, 15) is 13.2 Å². The summed E-state index contributed by atoms with van der Waals surface area (Å²) in [7, 11) is -3.38. The molecule has 8 nitrogen and oxygen atoms in total. The third kappa shape index (κ3) is 5.54. The van der Waals surface area contributed by atoms with Gasteiger partial charge in [-0.05, 0) is 12.1 Å². The summed E-state index contributed by atoms with van der Waals surface area (Å²) < 4.78 is 36.6. The Balaban J connectivity index is 1.43. The number of hydrogen-bond acceptors (Lipinski definition) is 6. The number of nitrogens with one attached hydrogen (secondary N) is 1. The topological polar surface area (TPSA) is 102 Å². The third-order valence-corrected chi connectivity index (χ3v) is 6.51. The first kappa shape index (κ1) is 20.8. The maximum absolute atomic E-state index is 12.2. The Morgan fingerprint density at radius 3 is 2.75 bits per heavy atom. The number of aryl methyl sites for hydroxylation is 1. The van der Waals surface area contributed by atoms with Gasteiger partial charge in [-0.3, -0.25) is 4.79 Å². The van der Waals surface area contributed by atoms with Gasteiger partial charge >= 0.3 is 0 Å². The SMILES string of the molecule is O=C(CCc1ncc(-c2ccccc2Cl)o1)NCCS(=O)(=O)N1CCOCC1. The molecule has 0 radical (unpaired) electrons. The summed E-state index contributed by atoms with van der Waals surface area (Å²) >= 11 is 6.13. The number of rotatable bonds is 8. The molecular formula is C18H22ClN3O5S. The molecule has 1 aliphatic heterocycles. The van der Waals surface area contributed by atoms with Gasteiger partial charge in [0.05, 0.1) is 30.2 Å². The molecule has 28 heavy (non-hydrogen) atoms. The minimum absolute atomic E-state index is 0.0645. The summed E-state index contributed by atoms with van der Waals surface area (Å²) in [6.07, 6.45) is 2.04. The summed E-state index contributed by atoms with van der Waals surface area (Å²) in [6.45, 7) is 1.58. The Bertz CT molecular complexity index is 909. The molecule has 1 fully saturated rings. The molecular weight excluding hydrogens is 406 g/mol. The highest BCUT2D eigenvalue weighted by atomic mass is 35.5. The smallest absolute Gasteiger partial charge is 0.220 e. The second-order valence-corrected chi connectivity index (χ2v) is 8.77. The van der Waals surface area contributed by atoms with Crippen LogP contribution < -0.4 is 5.32 Å². The second-order valence-electron chi connectivity index (χ2n) is 6.28. The molecule has 0 aliphatic carbocycles. The van der Waals surface area contributed by atoms with E-state index in [1.54, 1.807) is 12.3 Å². The fourth-order valence-electron chi connectivity index (χ4n) is 2.79. The summed E-state index contributed by atoms with van der Waals surface area (Å²) in [5.41, 5.74) is 0.737. The first-order valence-electron chi connectivity index (χ1n) is 8.97. The van der Waals surface area contributed by atoms with Crippen molar-refractivity contribution in [1.29, 1.82) is 0 Å². The van der Waals surface area contributed by atoms with Crippen molar-refractivity contribution in [3.63, 3.8) is 0 Å². The lowest BCUT2D eigenvalue weighted by molar-refractivity contribution is -0.121. The van der Waals surface area contributed by atoms with Crippen LogP contribution in [0, 0.1) is 0 Å². The maximum atomic E-state index is 12.2. The van der Waals surface area contributed by atoms with Gasteiger partial charge in [0.2, 0.25) is 15.9 Å². The van der Waals surface area contributed by atoms with Crippen LogP contribution in [0.3, 0.4) is 0 Å². The van der Waals surface area contributed by atoms with Gasteiger partial charge in [0.15, 0.2) is 11.7 Å². The Labute approximate surface area is 168 Å². The number of benzene rings is 1. The number of carbonyl (C=O) groups excluding carboxylic acids is 1. The molecule has 2 heterocycles. The van der Waals surface area contributed by atoms with E-state index in [-0.39, 0.29) is 24.6 Å². The van der Waals surface area contributed by atoms with Crippen LogP contribution in [0.25, 0.3) is 11.3 Å². The van der Waals surface area contributed by atoms with Crippen molar-refractivity contribution in [3.8, 4) is 11.3 Å². The van der Waals surface area contributed by atoms with Crippen LogP contribution >= 0.6 is 11.6 Å². The van der Waals surface area contributed by atoms with Gasteiger partial charge in [-0.2, -0.15) is 4.31 Å². The number of oxazole rings is 1. The van der Waals surface area contributed by atoms with Crippen LogP contribution in [0.1, 0.15) is 12.3 Å². The highest BCUT2D eigenvalue weighted by Gasteiger charge is 2.24. The number of amides is 1. The number of sulfonamides is 1. The normalized spacial score (nSPS) is 15.5.